The zero-order valence-corrected chi connectivity index (χ0v) is 12.6. The van der Waals surface area contributed by atoms with E-state index in [0.717, 1.165) is 10.0 Å². The number of hydrogen-bond donors (Lipinski definition) is 2. The summed E-state index contributed by atoms with van der Waals surface area (Å²) in [6.45, 7) is 0.668. The predicted molar refractivity (Wildman–Crippen MR) is 81.9 cm³/mol. The lowest BCUT2D eigenvalue weighted by Crippen LogP contribution is -2.12. The quantitative estimate of drug-likeness (QED) is 0.883. The summed E-state index contributed by atoms with van der Waals surface area (Å²) < 4.78 is 6.77. The number of carbonyl (C=O) groups is 1. The number of primary amides is 1. The molecule has 0 fully saturated rings. The van der Waals surface area contributed by atoms with Gasteiger partial charge in [-0.1, -0.05) is 34.1 Å². The topological polar surface area (TPSA) is 64.3 Å². The van der Waals surface area contributed by atoms with Crippen LogP contribution in [-0.4, -0.2) is 13.0 Å². The molecule has 0 aliphatic rings. The second-order valence-electron chi connectivity index (χ2n) is 4.24. The number of nitrogens with two attached hydrogens (primary N) is 1. The van der Waals surface area contributed by atoms with Gasteiger partial charge < -0.3 is 15.8 Å². The number of carbonyl (C=O) groups excluding carboxylic acids is 1. The summed E-state index contributed by atoms with van der Waals surface area (Å²) in [7, 11) is 1.86. The Balaban J connectivity index is 2.39. The molecule has 2 rings (SSSR count). The van der Waals surface area contributed by atoms with Crippen LogP contribution in [0.25, 0.3) is 0 Å². The standard InChI is InChI=1S/C15H15BrN2O2/c1-18-9-10-6-7-11(16)8-14(10)20-13-5-3-2-4-12(13)15(17)19/h2-8,18H,9H2,1H3,(H2,17,19). The van der Waals surface area contributed by atoms with Gasteiger partial charge in [-0.2, -0.15) is 0 Å². The molecule has 0 heterocycles. The summed E-state index contributed by atoms with van der Waals surface area (Å²) in [5.41, 5.74) is 6.71. The Kier molecular flexibility index (Phi) is 4.76. The molecule has 3 N–H and O–H groups in total. The number of ether oxygens (including phenoxy) is 1. The molecule has 0 unspecified atom stereocenters. The molecule has 0 spiro atoms. The molecule has 0 bridgehead atoms. The van der Waals surface area contributed by atoms with Crippen molar-refractivity contribution < 1.29 is 9.53 Å². The molecule has 0 aliphatic heterocycles. The number of benzene rings is 2. The lowest BCUT2D eigenvalue weighted by Gasteiger charge is -2.13. The van der Waals surface area contributed by atoms with Gasteiger partial charge in [-0.15, -0.1) is 0 Å². The van der Waals surface area contributed by atoms with Crippen molar-refractivity contribution in [1.82, 2.24) is 5.32 Å². The Labute approximate surface area is 126 Å². The molecule has 20 heavy (non-hydrogen) atoms. The Morgan fingerprint density at radius 3 is 2.70 bits per heavy atom. The van der Waals surface area contributed by atoms with Gasteiger partial charge in [0.25, 0.3) is 5.91 Å². The molecule has 0 aromatic heterocycles. The molecular formula is C15H15BrN2O2. The Bertz CT molecular complexity index is 629. The van der Waals surface area contributed by atoms with Crippen LogP contribution < -0.4 is 15.8 Å². The fourth-order valence-corrected chi connectivity index (χ4v) is 2.18. The number of para-hydroxylation sites is 1. The van der Waals surface area contributed by atoms with Crippen LogP contribution in [0.2, 0.25) is 0 Å². The van der Waals surface area contributed by atoms with Gasteiger partial charge in [-0.25, -0.2) is 0 Å². The van der Waals surface area contributed by atoms with Crippen molar-refractivity contribution >= 4 is 21.8 Å². The Hall–Kier alpha value is -1.85. The van der Waals surface area contributed by atoms with Crippen molar-refractivity contribution in [2.24, 2.45) is 5.73 Å². The molecule has 4 nitrogen and oxygen atoms in total. The van der Waals surface area contributed by atoms with Crippen LogP contribution >= 0.6 is 15.9 Å². The van der Waals surface area contributed by atoms with Crippen LogP contribution in [0.5, 0.6) is 11.5 Å². The maximum Gasteiger partial charge on any atom is 0.252 e. The molecule has 2 aromatic rings. The number of halogens is 1. The molecule has 0 saturated carbocycles. The predicted octanol–water partition coefficient (Wildman–Crippen LogP) is 3.06. The van der Waals surface area contributed by atoms with Gasteiger partial charge in [0, 0.05) is 16.6 Å². The maximum atomic E-state index is 11.4. The second kappa shape index (κ2) is 6.54. The summed E-state index contributed by atoms with van der Waals surface area (Å²) in [5.74, 6) is 0.628. The number of rotatable bonds is 5. The summed E-state index contributed by atoms with van der Waals surface area (Å²) in [4.78, 5) is 11.4. The van der Waals surface area contributed by atoms with Crippen molar-refractivity contribution in [2.75, 3.05) is 7.05 Å². The molecule has 2 aromatic carbocycles. The molecule has 0 atom stereocenters. The van der Waals surface area contributed by atoms with Crippen LogP contribution in [0, 0.1) is 0 Å². The average molecular weight is 335 g/mol. The third-order valence-corrected chi connectivity index (χ3v) is 3.26. The van der Waals surface area contributed by atoms with Gasteiger partial charge in [0.05, 0.1) is 5.56 Å². The zero-order chi connectivity index (χ0) is 14.5. The van der Waals surface area contributed by atoms with Gasteiger partial charge in [0.1, 0.15) is 11.5 Å². The monoisotopic (exact) mass is 334 g/mol. The summed E-state index contributed by atoms with van der Waals surface area (Å²) in [6.07, 6.45) is 0. The minimum atomic E-state index is -0.509. The van der Waals surface area contributed by atoms with Gasteiger partial charge in [0.2, 0.25) is 0 Å². The zero-order valence-electron chi connectivity index (χ0n) is 11.0. The molecule has 0 radical (unpaired) electrons. The summed E-state index contributed by atoms with van der Waals surface area (Å²) >= 11 is 3.42. The van der Waals surface area contributed by atoms with Crippen LogP contribution in [0.1, 0.15) is 15.9 Å². The van der Waals surface area contributed by atoms with Crippen LogP contribution in [0.15, 0.2) is 46.9 Å². The molecule has 1 amide bonds. The summed E-state index contributed by atoms with van der Waals surface area (Å²) in [6, 6.07) is 12.7. The minimum Gasteiger partial charge on any atom is -0.456 e. The smallest absolute Gasteiger partial charge is 0.252 e. The van der Waals surface area contributed by atoms with E-state index in [-0.39, 0.29) is 0 Å². The van der Waals surface area contributed by atoms with Crippen molar-refractivity contribution in [3.8, 4) is 11.5 Å². The van der Waals surface area contributed by atoms with Gasteiger partial charge in [0.15, 0.2) is 0 Å². The van der Waals surface area contributed by atoms with Gasteiger partial charge in [-0.3, -0.25) is 4.79 Å². The van der Waals surface area contributed by atoms with Crippen molar-refractivity contribution in [3.63, 3.8) is 0 Å². The van der Waals surface area contributed by atoms with Crippen LogP contribution in [0.4, 0.5) is 0 Å². The molecule has 5 heteroatoms. The Morgan fingerprint density at radius 1 is 1.25 bits per heavy atom. The van der Waals surface area contributed by atoms with E-state index in [1.807, 2.05) is 25.2 Å². The highest BCUT2D eigenvalue weighted by Crippen LogP contribution is 2.30. The normalized spacial score (nSPS) is 10.3. The van der Waals surface area contributed by atoms with E-state index in [1.54, 1.807) is 24.3 Å². The minimum absolute atomic E-state index is 0.364. The van der Waals surface area contributed by atoms with E-state index in [1.165, 1.54) is 0 Å². The largest absolute Gasteiger partial charge is 0.456 e. The fourth-order valence-electron chi connectivity index (χ4n) is 1.84. The van der Waals surface area contributed by atoms with Crippen molar-refractivity contribution in [3.05, 3.63) is 58.1 Å². The van der Waals surface area contributed by atoms with E-state index >= 15 is 0 Å². The first-order valence-electron chi connectivity index (χ1n) is 6.11. The van der Waals surface area contributed by atoms with Gasteiger partial charge >= 0.3 is 0 Å². The molecule has 0 saturated heterocycles. The third-order valence-electron chi connectivity index (χ3n) is 2.77. The van der Waals surface area contributed by atoms with Crippen molar-refractivity contribution in [2.45, 2.75) is 6.54 Å². The second-order valence-corrected chi connectivity index (χ2v) is 5.16. The average Bonchev–Trinajstić information content (AvgIpc) is 2.42. The molecular weight excluding hydrogens is 320 g/mol. The lowest BCUT2D eigenvalue weighted by molar-refractivity contribution is 0.0998. The first kappa shape index (κ1) is 14.6. The van der Waals surface area contributed by atoms with Crippen LogP contribution in [0.3, 0.4) is 0 Å². The fraction of sp³-hybridized carbons (Fsp3) is 0.133. The molecule has 104 valence electrons. The van der Waals surface area contributed by atoms with E-state index < -0.39 is 5.91 Å². The third kappa shape index (κ3) is 3.37. The van der Waals surface area contributed by atoms with E-state index in [2.05, 4.69) is 21.2 Å². The number of hydrogen-bond acceptors (Lipinski definition) is 3. The Morgan fingerprint density at radius 2 is 2.00 bits per heavy atom. The number of amides is 1. The van der Waals surface area contributed by atoms with E-state index in [0.29, 0.717) is 23.6 Å². The SMILES string of the molecule is CNCc1ccc(Br)cc1Oc1ccccc1C(N)=O. The first-order valence-corrected chi connectivity index (χ1v) is 6.91. The molecule has 0 aliphatic carbocycles. The van der Waals surface area contributed by atoms with E-state index in [4.69, 9.17) is 10.5 Å². The highest BCUT2D eigenvalue weighted by atomic mass is 79.9. The highest BCUT2D eigenvalue weighted by molar-refractivity contribution is 9.10. The van der Waals surface area contributed by atoms with Crippen LogP contribution in [-0.2, 0) is 6.54 Å². The van der Waals surface area contributed by atoms with E-state index in [9.17, 15) is 4.79 Å². The number of nitrogens with one attached hydrogen (secondary N) is 1. The lowest BCUT2D eigenvalue weighted by atomic mass is 10.1. The first-order chi connectivity index (χ1) is 9.61. The van der Waals surface area contributed by atoms with Crippen molar-refractivity contribution in [1.29, 1.82) is 0 Å². The van der Waals surface area contributed by atoms with Gasteiger partial charge in [-0.05, 0) is 31.3 Å². The summed E-state index contributed by atoms with van der Waals surface area (Å²) in [5, 5.41) is 3.08. The highest BCUT2D eigenvalue weighted by Gasteiger charge is 2.11. The maximum absolute atomic E-state index is 11.4.